The Hall–Kier alpha value is -1.14. The number of ketones is 1. The van der Waals surface area contributed by atoms with Gasteiger partial charge in [-0.1, -0.05) is 5.69 Å². The second-order valence-electron chi connectivity index (χ2n) is 9.03. The van der Waals surface area contributed by atoms with Gasteiger partial charge in [0.2, 0.25) is 0 Å². The number of halogens is 2. The van der Waals surface area contributed by atoms with Gasteiger partial charge in [0.05, 0.1) is 16.6 Å². The number of carbonyl (C=O) groups is 1. The summed E-state index contributed by atoms with van der Waals surface area (Å²) < 4.78 is 33.1. The van der Waals surface area contributed by atoms with E-state index in [0.717, 1.165) is 42.5 Å². The standard InChI is InChI=1S/C24H25F2N3O2S.Ac/c1-11(30)14-10-29(12-7-8-12)23-19(24(14)31)22(27)20(25)18(21(23)26)17-9-13-15(28(2)3)5-4-6-16(13)32-17;/h9-10,12,15H,4-8H2,1-3H3,(H2,27,31);/p-1. The molecular weight excluding hydrogens is 659 g/mol. The van der Waals surface area contributed by atoms with Gasteiger partial charge >= 0.3 is 0 Å². The van der Waals surface area contributed by atoms with Gasteiger partial charge in [-0.2, -0.15) is 0 Å². The number of fused-ring (bicyclic) bond motifs is 2. The average Bonchev–Trinajstić information content (AvgIpc) is 3.49. The van der Waals surface area contributed by atoms with Crippen LogP contribution in [0, 0.1) is 55.7 Å². The third-order valence-corrected chi connectivity index (χ3v) is 7.85. The minimum absolute atomic E-state index is 0. The van der Waals surface area contributed by atoms with Crippen LogP contribution in [0.1, 0.15) is 65.5 Å². The van der Waals surface area contributed by atoms with E-state index in [1.54, 1.807) is 4.57 Å². The van der Waals surface area contributed by atoms with Crippen LogP contribution >= 0.6 is 11.3 Å². The molecule has 0 bridgehead atoms. The molecule has 33 heavy (non-hydrogen) atoms. The number of carbonyl (C=O) groups excluding carboxylic acids is 1. The fraction of sp³-hybridized carbons (Fsp3) is 0.417. The fourth-order valence-corrected chi connectivity index (χ4v) is 6.13. The van der Waals surface area contributed by atoms with Crippen LogP contribution in [0.4, 0.5) is 14.5 Å². The van der Waals surface area contributed by atoms with Crippen LogP contribution in [-0.4, -0.2) is 29.3 Å². The molecule has 2 heterocycles. The van der Waals surface area contributed by atoms with Gasteiger partial charge in [0.25, 0.3) is 0 Å². The minimum Gasteiger partial charge on any atom is -0.696 e. The van der Waals surface area contributed by atoms with Gasteiger partial charge in [-0.05, 0) is 64.8 Å². The summed E-state index contributed by atoms with van der Waals surface area (Å²) in [5.74, 6) is -2.35. The number of Topliss-reactive ketones (excluding diaryl/α,β-unsaturated/α-hetero) is 1. The summed E-state index contributed by atoms with van der Waals surface area (Å²) in [6, 6.07) is 1.98. The van der Waals surface area contributed by atoms with E-state index >= 15 is 8.78 Å². The molecule has 1 radical (unpaired) electrons. The molecule has 1 aromatic carbocycles. The molecule has 5 nitrogen and oxygen atoms in total. The van der Waals surface area contributed by atoms with Crippen LogP contribution in [0.5, 0.6) is 0 Å². The Balaban J connectivity index is 0.00000259. The largest absolute Gasteiger partial charge is 0.696 e. The van der Waals surface area contributed by atoms with Crippen LogP contribution < -0.4 is 5.43 Å². The number of aryl methyl sites for hydroxylation is 1. The van der Waals surface area contributed by atoms with Crippen molar-refractivity contribution < 1.29 is 57.6 Å². The summed E-state index contributed by atoms with van der Waals surface area (Å²) in [5, 5.41) is -0.351. The normalized spacial score (nSPS) is 17.8. The van der Waals surface area contributed by atoms with Crippen molar-refractivity contribution >= 4 is 33.7 Å². The molecule has 2 aromatic heterocycles. The molecule has 1 atom stereocenters. The first-order chi connectivity index (χ1) is 15.2. The summed E-state index contributed by atoms with van der Waals surface area (Å²) in [6.45, 7) is 1.25. The van der Waals surface area contributed by atoms with E-state index in [1.807, 2.05) is 20.2 Å². The summed E-state index contributed by atoms with van der Waals surface area (Å²) in [6.07, 6.45) is 5.81. The molecule has 5 rings (SSSR count). The smallest absolute Gasteiger partial charge is 0.199 e. The number of nitrogens with zero attached hydrogens (tertiary/aromatic N) is 2. The van der Waals surface area contributed by atoms with Gasteiger partial charge in [-0.15, -0.1) is 11.3 Å². The van der Waals surface area contributed by atoms with Crippen molar-refractivity contribution in [2.75, 3.05) is 14.1 Å². The number of aromatic nitrogens is 1. The first kappa shape index (κ1) is 25.0. The zero-order valence-corrected chi connectivity index (χ0v) is 24.4. The van der Waals surface area contributed by atoms with Gasteiger partial charge in [0.15, 0.2) is 17.0 Å². The minimum atomic E-state index is -1.05. The molecule has 3 aromatic rings. The van der Waals surface area contributed by atoms with Crippen LogP contribution in [0.25, 0.3) is 27.1 Å². The number of nitrogens with one attached hydrogen (secondary N) is 1. The molecule has 0 spiro atoms. The monoisotopic (exact) mass is 683 g/mol. The molecule has 0 amide bonds. The zero-order chi connectivity index (χ0) is 22.9. The van der Waals surface area contributed by atoms with Gasteiger partial charge in [-0.3, -0.25) is 9.59 Å². The summed E-state index contributed by atoms with van der Waals surface area (Å²) in [4.78, 5) is 28.6. The van der Waals surface area contributed by atoms with E-state index in [4.69, 9.17) is 5.73 Å². The fourth-order valence-electron chi connectivity index (χ4n) is 4.84. The predicted molar refractivity (Wildman–Crippen MR) is 123 cm³/mol. The van der Waals surface area contributed by atoms with E-state index in [1.165, 1.54) is 24.5 Å². The molecule has 1 N–H and O–H groups in total. The summed E-state index contributed by atoms with van der Waals surface area (Å²) >= 11 is 1.37. The van der Waals surface area contributed by atoms with Crippen LogP contribution in [0.15, 0.2) is 17.1 Å². The molecule has 2 aliphatic rings. The van der Waals surface area contributed by atoms with Crippen molar-refractivity contribution in [3.8, 4) is 10.4 Å². The van der Waals surface area contributed by atoms with Crippen LogP contribution in [0.2, 0.25) is 0 Å². The van der Waals surface area contributed by atoms with Crippen molar-refractivity contribution in [2.45, 2.75) is 51.1 Å². The molecule has 1 fully saturated rings. The molecule has 0 aliphatic heterocycles. The molecule has 9 heteroatoms. The summed E-state index contributed by atoms with van der Waals surface area (Å²) in [5.41, 5.74) is 7.62. The second-order valence-corrected chi connectivity index (χ2v) is 10.2. The SMILES string of the molecule is CC(=O)c1cn(C2CC2)c2c(F)c(-c3cc4c(s3)CCCC4N(C)C)c(F)c([NH-])c2c1=O.[Ac]. The van der Waals surface area contributed by atoms with Crippen molar-refractivity contribution in [3.63, 3.8) is 0 Å². The maximum Gasteiger partial charge on any atom is 0.199 e. The number of pyridine rings is 1. The van der Waals surface area contributed by atoms with Crippen LogP contribution in [0.3, 0.4) is 0 Å². The number of thiophene rings is 1. The van der Waals surface area contributed by atoms with Gasteiger partial charge in [0, 0.05) is 77.5 Å². The molecule has 1 unspecified atom stereocenters. The van der Waals surface area contributed by atoms with E-state index in [-0.39, 0.29) is 78.2 Å². The zero-order valence-electron chi connectivity index (χ0n) is 18.8. The van der Waals surface area contributed by atoms with Crippen molar-refractivity contribution in [1.82, 2.24) is 9.47 Å². The third kappa shape index (κ3) is 4.03. The van der Waals surface area contributed by atoms with E-state index < -0.39 is 28.5 Å². The Morgan fingerprint density at radius 3 is 2.52 bits per heavy atom. The number of rotatable bonds is 4. The molecule has 171 valence electrons. The van der Waals surface area contributed by atoms with E-state index in [0.29, 0.717) is 4.88 Å². The van der Waals surface area contributed by atoms with Gasteiger partial charge < -0.3 is 15.2 Å². The van der Waals surface area contributed by atoms with E-state index in [9.17, 15) is 9.59 Å². The Labute approximate surface area is 230 Å². The average molecular weight is 684 g/mol. The third-order valence-electron chi connectivity index (χ3n) is 6.62. The number of hydrogen-bond donors (Lipinski definition) is 0. The topological polar surface area (TPSA) is 66.1 Å². The Morgan fingerprint density at radius 1 is 1.21 bits per heavy atom. The summed E-state index contributed by atoms with van der Waals surface area (Å²) in [7, 11) is 3.99. The quantitative estimate of drug-likeness (QED) is 0.310. The number of hydrogen-bond acceptors (Lipinski definition) is 4. The van der Waals surface area contributed by atoms with Crippen molar-refractivity contribution in [2.24, 2.45) is 0 Å². The Morgan fingerprint density at radius 2 is 1.91 bits per heavy atom. The van der Waals surface area contributed by atoms with E-state index in [2.05, 4.69) is 4.90 Å². The maximum absolute atomic E-state index is 16.0. The maximum atomic E-state index is 16.0. The van der Waals surface area contributed by atoms with Gasteiger partial charge in [0.1, 0.15) is 5.82 Å². The number of benzene rings is 1. The van der Waals surface area contributed by atoms with Gasteiger partial charge in [-0.25, -0.2) is 8.78 Å². The molecule has 1 saturated carbocycles. The van der Waals surface area contributed by atoms with Crippen molar-refractivity contribution in [3.05, 3.63) is 55.9 Å². The first-order valence-corrected chi connectivity index (χ1v) is 11.6. The van der Waals surface area contributed by atoms with Crippen molar-refractivity contribution in [1.29, 1.82) is 0 Å². The van der Waals surface area contributed by atoms with Crippen LogP contribution in [-0.2, 0) is 6.42 Å². The first-order valence-electron chi connectivity index (χ1n) is 10.8. The molecule has 0 saturated heterocycles. The molecular formula is C24H24AcF2N3O2S-. The molecule has 2 aliphatic carbocycles. The Kier molecular flexibility index (Phi) is 6.92. The predicted octanol–water partition coefficient (Wildman–Crippen LogP) is 6.17. The Bertz CT molecular complexity index is 1340. The second kappa shape index (κ2) is 9.14.